The van der Waals surface area contributed by atoms with E-state index in [0.717, 1.165) is 29.6 Å². The SMILES string of the molecule is CN1CC2CC1CN2C1=Nc2cc(Cl)ccc2Sc2ccccc21. The van der Waals surface area contributed by atoms with Gasteiger partial charge in [0, 0.05) is 45.6 Å². The Hall–Kier alpha value is -1.49. The Morgan fingerprint density at radius 3 is 2.75 bits per heavy atom. The Balaban J connectivity index is 1.66. The van der Waals surface area contributed by atoms with E-state index in [0.29, 0.717) is 12.1 Å². The van der Waals surface area contributed by atoms with Crippen molar-refractivity contribution in [3.05, 3.63) is 53.1 Å². The molecule has 24 heavy (non-hydrogen) atoms. The van der Waals surface area contributed by atoms with Crippen LogP contribution in [0.25, 0.3) is 0 Å². The van der Waals surface area contributed by atoms with Crippen molar-refractivity contribution in [1.29, 1.82) is 0 Å². The molecule has 2 bridgehead atoms. The topological polar surface area (TPSA) is 18.8 Å². The summed E-state index contributed by atoms with van der Waals surface area (Å²) in [5.74, 6) is 1.11. The summed E-state index contributed by atoms with van der Waals surface area (Å²) < 4.78 is 0. The largest absolute Gasteiger partial charge is 0.350 e. The van der Waals surface area contributed by atoms with E-state index in [1.165, 1.54) is 21.8 Å². The summed E-state index contributed by atoms with van der Waals surface area (Å²) in [6.07, 6.45) is 1.24. The molecule has 0 spiro atoms. The molecule has 3 aliphatic rings. The number of likely N-dealkylation sites (N-methyl/N-ethyl adjacent to an activating group) is 1. The molecule has 5 heteroatoms. The summed E-state index contributed by atoms with van der Waals surface area (Å²) in [7, 11) is 2.23. The second-order valence-corrected chi connectivity index (χ2v) is 8.30. The lowest BCUT2D eigenvalue weighted by atomic mass is 10.1. The Kier molecular flexibility index (Phi) is 3.40. The van der Waals surface area contributed by atoms with Crippen LogP contribution >= 0.6 is 23.4 Å². The van der Waals surface area contributed by atoms with Gasteiger partial charge < -0.3 is 4.90 Å². The molecule has 0 radical (unpaired) electrons. The fourth-order valence-electron chi connectivity index (χ4n) is 4.04. The van der Waals surface area contributed by atoms with Gasteiger partial charge in [0.25, 0.3) is 0 Å². The number of amidine groups is 1. The van der Waals surface area contributed by atoms with E-state index < -0.39 is 0 Å². The molecule has 0 aliphatic carbocycles. The molecule has 2 aromatic carbocycles. The van der Waals surface area contributed by atoms with E-state index in [9.17, 15) is 0 Å². The quantitative estimate of drug-likeness (QED) is 0.703. The molecule has 0 N–H and O–H groups in total. The molecule has 0 amide bonds. The van der Waals surface area contributed by atoms with Crippen molar-refractivity contribution in [1.82, 2.24) is 9.80 Å². The number of likely N-dealkylation sites (tertiary alicyclic amines) is 2. The Morgan fingerprint density at radius 2 is 1.96 bits per heavy atom. The van der Waals surface area contributed by atoms with Crippen molar-refractivity contribution in [2.45, 2.75) is 28.3 Å². The fraction of sp³-hybridized carbons (Fsp3) is 0.316. The highest BCUT2D eigenvalue weighted by molar-refractivity contribution is 7.99. The predicted molar refractivity (Wildman–Crippen MR) is 99.7 cm³/mol. The number of rotatable bonds is 0. The van der Waals surface area contributed by atoms with Gasteiger partial charge in [-0.2, -0.15) is 0 Å². The van der Waals surface area contributed by atoms with Crippen molar-refractivity contribution in [3.8, 4) is 0 Å². The van der Waals surface area contributed by atoms with Crippen LogP contribution in [0.2, 0.25) is 5.02 Å². The maximum atomic E-state index is 6.23. The highest BCUT2D eigenvalue weighted by Crippen LogP contribution is 2.43. The molecule has 122 valence electrons. The summed E-state index contributed by atoms with van der Waals surface area (Å²) >= 11 is 8.02. The molecule has 2 fully saturated rings. The van der Waals surface area contributed by atoms with Crippen molar-refractivity contribution in [3.63, 3.8) is 0 Å². The Morgan fingerprint density at radius 1 is 1.08 bits per heavy atom. The minimum absolute atomic E-state index is 0.567. The summed E-state index contributed by atoms with van der Waals surface area (Å²) in [6.45, 7) is 2.19. The highest BCUT2D eigenvalue weighted by atomic mass is 35.5. The van der Waals surface area contributed by atoms with Crippen molar-refractivity contribution < 1.29 is 0 Å². The van der Waals surface area contributed by atoms with Crippen LogP contribution in [0.1, 0.15) is 12.0 Å². The van der Waals surface area contributed by atoms with Gasteiger partial charge in [0.2, 0.25) is 0 Å². The first-order chi connectivity index (χ1) is 11.7. The lowest BCUT2D eigenvalue weighted by Gasteiger charge is -2.34. The van der Waals surface area contributed by atoms with Crippen LogP contribution in [0, 0.1) is 0 Å². The van der Waals surface area contributed by atoms with Gasteiger partial charge >= 0.3 is 0 Å². The zero-order valence-corrected chi connectivity index (χ0v) is 15.0. The van der Waals surface area contributed by atoms with Crippen LogP contribution in [-0.4, -0.2) is 47.9 Å². The molecule has 0 saturated carbocycles. The molecule has 2 saturated heterocycles. The molecule has 2 atom stereocenters. The number of fused-ring (bicyclic) bond motifs is 4. The van der Waals surface area contributed by atoms with Gasteiger partial charge in [-0.05, 0) is 37.7 Å². The first-order valence-corrected chi connectivity index (χ1v) is 9.51. The number of piperazine rings is 1. The van der Waals surface area contributed by atoms with E-state index in [1.54, 1.807) is 11.8 Å². The van der Waals surface area contributed by atoms with Crippen LogP contribution in [0.15, 0.2) is 57.2 Å². The van der Waals surface area contributed by atoms with E-state index in [1.807, 2.05) is 12.1 Å². The van der Waals surface area contributed by atoms with Gasteiger partial charge in [0.05, 0.1) is 5.69 Å². The van der Waals surface area contributed by atoms with E-state index >= 15 is 0 Å². The van der Waals surface area contributed by atoms with Gasteiger partial charge in [-0.3, -0.25) is 4.90 Å². The summed E-state index contributed by atoms with van der Waals surface area (Å²) in [6, 6.07) is 15.8. The van der Waals surface area contributed by atoms with Crippen LogP contribution in [0.4, 0.5) is 5.69 Å². The number of hydrogen-bond donors (Lipinski definition) is 0. The van der Waals surface area contributed by atoms with E-state index in [-0.39, 0.29) is 0 Å². The van der Waals surface area contributed by atoms with Crippen molar-refractivity contribution in [2.24, 2.45) is 4.99 Å². The maximum absolute atomic E-state index is 6.23. The zero-order chi connectivity index (χ0) is 16.3. The third-order valence-corrected chi connectivity index (χ3v) is 6.66. The smallest absolute Gasteiger partial charge is 0.138 e. The molecule has 3 nitrogen and oxygen atoms in total. The summed E-state index contributed by atoms with van der Waals surface area (Å²) in [5.41, 5.74) is 2.22. The van der Waals surface area contributed by atoms with Crippen molar-refractivity contribution in [2.75, 3.05) is 20.1 Å². The third-order valence-electron chi connectivity index (χ3n) is 5.28. The normalized spacial score (nSPS) is 25.2. The average molecular weight is 356 g/mol. The maximum Gasteiger partial charge on any atom is 0.138 e. The standard InChI is InChI=1S/C19H18ClN3S/c1-22-10-14-9-13(22)11-23(14)19-15-4-2-3-5-17(15)24-18-7-6-12(20)8-16(18)21-19/h2-8,13-14H,9-11H2,1H3. The number of hydrogen-bond acceptors (Lipinski definition) is 4. The molecule has 5 rings (SSSR count). The highest BCUT2D eigenvalue weighted by Gasteiger charge is 2.43. The van der Waals surface area contributed by atoms with Gasteiger partial charge in [-0.25, -0.2) is 4.99 Å². The van der Waals surface area contributed by atoms with Gasteiger partial charge in [0.15, 0.2) is 0 Å². The fourth-order valence-corrected chi connectivity index (χ4v) is 5.21. The van der Waals surface area contributed by atoms with Gasteiger partial charge in [-0.15, -0.1) is 0 Å². The number of aliphatic imine (C=N–C) groups is 1. The van der Waals surface area contributed by atoms with Crippen LogP contribution in [0.3, 0.4) is 0 Å². The second-order valence-electron chi connectivity index (χ2n) is 6.78. The molecular formula is C19H18ClN3S. The number of halogens is 1. The van der Waals surface area contributed by atoms with Gasteiger partial charge in [-0.1, -0.05) is 41.6 Å². The van der Waals surface area contributed by atoms with E-state index in [4.69, 9.17) is 16.6 Å². The molecular weight excluding hydrogens is 338 g/mol. The first kappa shape index (κ1) is 14.8. The Bertz CT molecular complexity index is 848. The predicted octanol–water partition coefficient (Wildman–Crippen LogP) is 4.27. The number of benzene rings is 2. The van der Waals surface area contributed by atoms with Crippen LogP contribution < -0.4 is 0 Å². The van der Waals surface area contributed by atoms with Gasteiger partial charge in [0.1, 0.15) is 5.84 Å². The number of nitrogens with zero attached hydrogens (tertiary/aromatic N) is 3. The minimum atomic E-state index is 0.567. The second kappa shape index (κ2) is 5.51. The molecule has 2 unspecified atom stereocenters. The molecule has 3 aliphatic heterocycles. The van der Waals surface area contributed by atoms with E-state index in [2.05, 4.69) is 47.2 Å². The summed E-state index contributed by atoms with van der Waals surface area (Å²) in [4.78, 5) is 12.5. The lowest BCUT2D eigenvalue weighted by Crippen LogP contribution is -2.47. The minimum Gasteiger partial charge on any atom is -0.350 e. The molecule has 2 aromatic rings. The van der Waals surface area contributed by atoms with Crippen molar-refractivity contribution >= 4 is 34.9 Å². The monoisotopic (exact) mass is 355 g/mol. The molecule has 3 heterocycles. The average Bonchev–Trinajstić information content (AvgIpc) is 3.10. The summed E-state index contributed by atoms with van der Waals surface area (Å²) in [5, 5.41) is 0.742. The Labute approximate surface area is 151 Å². The lowest BCUT2D eigenvalue weighted by molar-refractivity contribution is 0.210. The first-order valence-electron chi connectivity index (χ1n) is 8.31. The molecule has 0 aromatic heterocycles. The third kappa shape index (κ3) is 2.28. The van der Waals surface area contributed by atoms with Crippen LogP contribution in [0.5, 0.6) is 0 Å². The zero-order valence-electron chi connectivity index (χ0n) is 13.4. The van der Waals surface area contributed by atoms with Crippen LogP contribution in [-0.2, 0) is 0 Å².